The molecule has 0 nitrogen and oxygen atoms in total. The molecule has 0 bridgehead atoms. The quantitative estimate of drug-likeness (QED) is 0.166. The van der Waals surface area contributed by atoms with Crippen molar-refractivity contribution in [1.82, 2.24) is 0 Å². The van der Waals surface area contributed by atoms with Gasteiger partial charge in [-0.15, -0.1) is 39.7 Å². The second kappa shape index (κ2) is 14.8. The molecule has 6 aromatic carbocycles. The summed E-state index contributed by atoms with van der Waals surface area (Å²) < 4.78 is 1.60. The Bertz CT molecular complexity index is 1630. The molecular formula is C43H48Zr. The summed E-state index contributed by atoms with van der Waals surface area (Å²) in [5, 5.41) is 5.55. The van der Waals surface area contributed by atoms with Gasteiger partial charge in [-0.1, -0.05) is 75.9 Å². The molecule has 0 radical (unpaired) electrons. The van der Waals surface area contributed by atoms with Crippen molar-refractivity contribution in [2.75, 3.05) is 0 Å². The van der Waals surface area contributed by atoms with Crippen LogP contribution in [0.3, 0.4) is 0 Å². The van der Waals surface area contributed by atoms with E-state index in [1.165, 1.54) is 54.9 Å². The van der Waals surface area contributed by atoms with Crippen LogP contribution in [-0.2, 0) is 47.9 Å². The number of hydrogen-bond donors (Lipinski definition) is 0. The third kappa shape index (κ3) is 9.18. The van der Waals surface area contributed by atoms with Crippen molar-refractivity contribution in [2.24, 2.45) is 0 Å². The van der Waals surface area contributed by atoms with Gasteiger partial charge in [0.1, 0.15) is 0 Å². The largest absolute Gasteiger partial charge is 0.214 e. The third-order valence-electron chi connectivity index (χ3n) is 8.09. The maximum Gasteiger partial charge on any atom is -0.172 e. The molecule has 0 aromatic heterocycles. The molecule has 0 fully saturated rings. The zero-order chi connectivity index (χ0) is 31.9. The normalized spacial score (nSPS) is 11.5. The van der Waals surface area contributed by atoms with E-state index < -0.39 is 0 Å². The van der Waals surface area contributed by atoms with Crippen LogP contribution in [0.4, 0.5) is 0 Å². The first kappa shape index (κ1) is 33.7. The topological polar surface area (TPSA) is 0 Å². The Morgan fingerprint density at radius 1 is 0.568 bits per heavy atom. The number of fused-ring (bicyclic) bond motifs is 3. The van der Waals surface area contributed by atoms with Crippen LogP contribution >= 0.6 is 0 Å². The molecule has 0 atom stereocenters. The van der Waals surface area contributed by atoms with Crippen molar-refractivity contribution in [3.8, 4) is 0 Å². The van der Waals surface area contributed by atoms with Gasteiger partial charge in [0.25, 0.3) is 0 Å². The Kier molecular flexibility index (Phi) is 11.3. The maximum atomic E-state index is 2.43. The minimum absolute atomic E-state index is 0.180. The first-order valence-corrected chi connectivity index (χ1v) is 17.0. The molecule has 0 unspecified atom stereocenters. The van der Waals surface area contributed by atoms with Gasteiger partial charge in [0.05, 0.1) is 0 Å². The molecule has 224 valence electrons. The van der Waals surface area contributed by atoms with Gasteiger partial charge in [0, 0.05) is 0 Å². The molecule has 0 N–H and O–H groups in total. The summed E-state index contributed by atoms with van der Waals surface area (Å²) in [5.41, 5.74) is 8.90. The van der Waals surface area contributed by atoms with Gasteiger partial charge in [-0.2, -0.15) is 18.2 Å². The van der Waals surface area contributed by atoms with Crippen LogP contribution < -0.4 is 0 Å². The zero-order valence-electron chi connectivity index (χ0n) is 28.0. The predicted molar refractivity (Wildman–Crippen MR) is 191 cm³/mol. The van der Waals surface area contributed by atoms with Crippen molar-refractivity contribution in [3.63, 3.8) is 0 Å². The van der Waals surface area contributed by atoms with Crippen molar-refractivity contribution in [1.29, 1.82) is 0 Å². The minimum atomic E-state index is 0.180. The number of benzene rings is 4. The van der Waals surface area contributed by atoms with Crippen LogP contribution in [0, 0.1) is 13.8 Å². The Hall–Kier alpha value is -3.15. The smallest absolute Gasteiger partial charge is 0.172 e. The van der Waals surface area contributed by atoms with Crippen LogP contribution in [0.15, 0.2) is 121 Å². The molecule has 0 saturated heterocycles. The van der Waals surface area contributed by atoms with Gasteiger partial charge in [0.15, 0.2) is 0 Å². The molecular weight excluding hydrogens is 608 g/mol. The van der Waals surface area contributed by atoms with Crippen LogP contribution in [0.1, 0.15) is 74.9 Å². The fourth-order valence-corrected chi connectivity index (χ4v) is 7.02. The van der Waals surface area contributed by atoms with Crippen LogP contribution in [0.2, 0.25) is 0 Å². The molecule has 0 aliphatic rings. The Balaban J connectivity index is 0.000000181. The Morgan fingerprint density at radius 2 is 0.955 bits per heavy atom. The summed E-state index contributed by atoms with van der Waals surface area (Å²) in [5.74, 6) is 0. The van der Waals surface area contributed by atoms with E-state index in [0.29, 0.717) is 0 Å². The van der Waals surface area contributed by atoms with E-state index >= 15 is 0 Å². The van der Waals surface area contributed by atoms with Crippen LogP contribution in [-0.4, -0.2) is 3.21 Å². The van der Waals surface area contributed by atoms with E-state index in [2.05, 4.69) is 146 Å². The number of aryl methyl sites for hydroxylation is 2. The summed E-state index contributed by atoms with van der Waals surface area (Å²) in [6.07, 6.45) is 2.24. The molecule has 6 rings (SSSR count). The molecule has 0 aliphatic carbocycles. The summed E-state index contributed by atoms with van der Waals surface area (Å²) in [7, 11) is 0. The van der Waals surface area contributed by atoms with Gasteiger partial charge >= 0.3 is 112 Å². The molecule has 0 saturated carbocycles. The monoisotopic (exact) mass is 654 g/mol. The molecule has 0 spiro atoms. The Morgan fingerprint density at radius 3 is 1.27 bits per heavy atom. The predicted octanol–water partition coefficient (Wildman–Crippen LogP) is 11.5. The van der Waals surface area contributed by atoms with E-state index in [1.54, 1.807) is 27.4 Å². The molecule has 44 heavy (non-hydrogen) atoms. The SMILES string of the molecule is Cc1cc2[cH-]c3cc(C)c(C(C)(C)C)cc3c2cc1C(C)(C)C.[Zr+2]=[C](Cc1ccccc1)Cc1ccccc1.c1cc[cH-]c1. The van der Waals surface area contributed by atoms with Gasteiger partial charge in [0.2, 0.25) is 0 Å². The first-order chi connectivity index (χ1) is 20.8. The zero-order valence-corrected chi connectivity index (χ0v) is 30.4. The summed E-state index contributed by atoms with van der Waals surface area (Å²) in [4.78, 5) is 0. The van der Waals surface area contributed by atoms with Crippen LogP contribution in [0.5, 0.6) is 0 Å². The third-order valence-corrected chi connectivity index (χ3v) is 8.96. The number of hydrogen-bond acceptors (Lipinski definition) is 0. The average Bonchev–Trinajstić information content (AvgIpc) is 3.64. The molecule has 0 heterocycles. The van der Waals surface area contributed by atoms with E-state index in [9.17, 15) is 0 Å². The molecule has 0 aliphatic heterocycles. The summed E-state index contributed by atoms with van der Waals surface area (Å²) >= 11 is 1.55. The summed E-state index contributed by atoms with van der Waals surface area (Å²) in [6.45, 7) is 18.3. The van der Waals surface area contributed by atoms with E-state index in [1.807, 2.05) is 30.3 Å². The summed E-state index contributed by atoms with van der Waals surface area (Å²) in [6, 6.07) is 43.3. The van der Waals surface area contributed by atoms with Crippen molar-refractivity contribution in [3.05, 3.63) is 155 Å². The van der Waals surface area contributed by atoms with Crippen molar-refractivity contribution < 1.29 is 24.2 Å². The molecule has 1 heteroatoms. The van der Waals surface area contributed by atoms with E-state index in [4.69, 9.17) is 0 Å². The molecule has 6 aromatic rings. The maximum absolute atomic E-state index is 2.43. The van der Waals surface area contributed by atoms with E-state index in [-0.39, 0.29) is 10.8 Å². The molecule has 0 amide bonds. The second-order valence-electron chi connectivity index (χ2n) is 14.0. The van der Waals surface area contributed by atoms with E-state index in [0.717, 1.165) is 12.8 Å². The Labute approximate surface area is 281 Å². The van der Waals surface area contributed by atoms with Gasteiger partial charge < -0.3 is 0 Å². The number of rotatable bonds is 4. The van der Waals surface area contributed by atoms with Crippen molar-refractivity contribution in [2.45, 2.75) is 79.1 Å². The standard InChI is InChI=1S/C23H29.C15H14.C5H5.Zr/c1-14-9-16-11-17-10-15(2)21(23(6,7)8)13-19(17)18(16)12-20(14)22(3,4)5;1-3-8-14(9-4-1)12-7-13-15-10-5-2-6-11-15;1-2-4-5-3-1;/h9-13H,1-8H3;1-6,8-11H,12-13H2;1-5H;/q-1;;-1;+2. The first-order valence-electron chi connectivity index (χ1n) is 15.8. The second-order valence-corrected chi connectivity index (χ2v) is 15.8. The minimum Gasteiger partial charge on any atom is -0.214 e. The van der Waals surface area contributed by atoms with Gasteiger partial charge in [-0.05, 0) is 24.7 Å². The van der Waals surface area contributed by atoms with Crippen molar-refractivity contribution >= 4 is 24.8 Å². The van der Waals surface area contributed by atoms with Gasteiger partial charge in [-0.3, -0.25) is 0 Å². The van der Waals surface area contributed by atoms with Gasteiger partial charge in [-0.25, -0.2) is 12.1 Å². The fourth-order valence-electron chi connectivity index (χ4n) is 6.02. The van der Waals surface area contributed by atoms with Crippen LogP contribution in [0.25, 0.3) is 21.5 Å². The fraction of sp³-hybridized carbons (Fsp3) is 0.279. The average molecular weight is 656 g/mol.